The fourth-order valence-corrected chi connectivity index (χ4v) is 4.18. The molecule has 0 saturated heterocycles. The Morgan fingerprint density at radius 3 is 2.31 bits per heavy atom. The zero-order chi connectivity index (χ0) is 23.3. The standard InChI is InChI=1S/C24H24N2O5S/c1-5-31-24(29)19-15(3)20(22(28)25-17-8-6-7-14(2)13-17)32-23(19)26-21(27)16-9-11-18(30-4)12-10-16/h6-13H,5H2,1-4H3,(H,25,28)(H,26,27). The highest BCUT2D eigenvalue weighted by Gasteiger charge is 2.27. The van der Waals surface area contributed by atoms with E-state index in [1.165, 1.54) is 0 Å². The minimum atomic E-state index is -0.596. The smallest absolute Gasteiger partial charge is 0.341 e. The van der Waals surface area contributed by atoms with Crippen molar-refractivity contribution in [2.45, 2.75) is 20.8 Å². The molecule has 1 heterocycles. The Bertz CT molecular complexity index is 1150. The van der Waals surface area contributed by atoms with Crippen molar-refractivity contribution in [3.8, 4) is 5.75 Å². The number of amides is 2. The molecule has 0 radical (unpaired) electrons. The SMILES string of the molecule is CCOC(=O)c1c(NC(=O)c2ccc(OC)cc2)sc(C(=O)Nc2cccc(C)c2)c1C. The molecule has 0 saturated carbocycles. The molecule has 0 bridgehead atoms. The molecule has 2 aromatic carbocycles. The number of anilines is 2. The average molecular weight is 453 g/mol. The highest BCUT2D eigenvalue weighted by Crippen LogP contribution is 2.35. The first-order valence-corrected chi connectivity index (χ1v) is 10.8. The largest absolute Gasteiger partial charge is 0.497 e. The summed E-state index contributed by atoms with van der Waals surface area (Å²) in [6, 6.07) is 14.0. The van der Waals surface area contributed by atoms with E-state index in [-0.39, 0.29) is 23.1 Å². The van der Waals surface area contributed by atoms with Gasteiger partial charge >= 0.3 is 5.97 Å². The Morgan fingerprint density at radius 1 is 0.969 bits per heavy atom. The number of ether oxygens (including phenoxy) is 2. The van der Waals surface area contributed by atoms with Crippen LogP contribution in [-0.2, 0) is 4.74 Å². The van der Waals surface area contributed by atoms with Gasteiger partial charge in [-0.05, 0) is 68.3 Å². The average Bonchev–Trinajstić information content (AvgIpc) is 3.09. The number of thiophene rings is 1. The van der Waals surface area contributed by atoms with Crippen molar-refractivity contribution in [2.75, 3.05) is 24.4 Å². The Morgan fingerprint density at radius 2 is 1.69 bits per heavy atom. The minimum Gasteiger partial charge on any atom is -0.497 e. The molecule has 1 aromatic heterocycles. The minimum absolute atomic E-state index is 0.171. The monoisotopic (exact) mass is 452 g/mol. The van der Waals surface area contributed by atoms with Gasteiger partial charge in [0, 0.05) is 11.3 Å². The fraction of sp³-hybridized carbons (Fsp3) is 0.208. The van der Waals surface area contributed by atoms with Crippen LogP contribution >= 0.6 is 11.3 Å². The van der Waals surface area contributed by atoms with Crippen LogP contribution in [0.4, 0.5) is 10.7 Å². The molecule has 32 heavy (non-hydrogen) atoms. The topological polar surface area (TPSA) is 93.7 Å². The molecule has 0 unspecified atom stereocenters. The third-order valence-corrected chi connectivity index (χ3v) is 5.89. The van der Waals surface area contributed by atoms with Gasteiger partial charge in [0.2, 0.25) is 0 Å². The van der Waals surface area contributed by atoms with E-state index in [9.17, 15) is 14.4 Å². The molecule has 3 aromatic rings. The van der Waals surface area contributed by atoms with Crippen LogP contribution in [0.3, 0.4) is 0 Å². The number of carbonyl (C=O) groups is 3. The van der Waals surface area contributed by atoms with Crippen molar-refractivity contribution in [2.24, 2.45) is 0 Å². The Balaban J connectivity index is 1.92. The number of rotatable bonds is 7. The zero-order valence-corrected chi connectivity index (χ0v) is 19.1. The first kappa shape index (κ1) is 23.0. The number of carbonyl (C=O) groups excluding carboxylic acids is 3. The molecule has 0 aliphatic carbocycles. The van der Waals surface area contributed by atoms with Gasteiger partial charge in [0.15, 0.2) is 0 Å². The Kier molecular flexibility index (Phi) is 7.27. The summed E-state index contributed by atoms with van der Waals surface area (Å²) in [5.74, 6) is -0.754. The molecule has 2 N–H and O–H groups in total. The van der Waals surface area contributed by atoms with E-state index in [1.807, 2.05) is 25.1 Å². The molecule has 0 atom stereocenters. The van der Waals surface area contributed by atoms with E-state index in [1.54, 1.807) is 51.3 Å². The Labute approximate surface area is 190 Å². The number of methoxy groups -OCH3 is 1. The molecule has 0 fully saturated rings. The van der Waals surface area contributed by atoms with Gasteiger partial charge in [-0.25, -0.2) is 4.79 Å². The van der Waals surface area contributed by atoms with Gasteiger partial charge in [-0.15, -0.1) is 11.3 Å². The van der Waals surface area contributed by atoms with Gasteiger partial charge in [-0.3, -0.25) is 9.59 Å². The van der Waals surface area contributed by atoms with Crippen molar-refractivity contribution in [1.82, 2.24) is 0 Å². The van der Waals surface area contributed by atoms with Crippen molar-refractivity contribution in [1.29, 1.82) is 0 Å². The second-order valence-corrected chi connectivity index (χ2v) is 8.01. The van der Waals surface area contributed by atoms with Gasteiger partial charge in [0.1, 0.15) is 10.8 Å². The van der Waals surface area contributed by atoms with Gasteiger partial charge < -0.3 is 20.1 Å². The molecular weight excluding hydrogens is 428 g/mol. The van der Waals surface area contributed by atoms with Gasteiger partial charge in [0.05, 0.1) is 24.2 Å². The molecule has 2 amide bonds. The maximum atomic E-state index is 12.9. The summed E-state index contributed by atoms with van der Waals surface area (Å²) in [7, 11) is 1.54. The number of hydrogen-bond acceptors (Lipinski definition) is 6. The maximum absolute atomic E-state index is 12.9. The summed E-state index contributed by atoms with van der Waals surface area (Å²) in [5, 5.41) is 5.85. The number of hydrogen-bond donors (Lipinski definition) is 2. The predicted molar refractivity (Wildman–Crippen MR) is 125 cm³/mol. The zero-order valence-electron chi connectivity index (χ0n) is 18.3. The van der Waals surface area contributed by atoms with E-state index in [0.29, 0.717) is 27.4 Å². The first-order valence-electron chi connectivity index (χ1n) is 9.98. The lowest BCUT2D eigenvalue weighted by Crippen LogP contribution is -2.15. The van der Waals surface area contributed by atoms with Gasteiger partial charge in [-0.2, -0.15) is 0 Å². The Hall–Kier alpha value is -3.65. The fourth-order valence-electron chi connectivity index (χ4n) is 3.10. The van der Waals surface area contributed by atoms with Crippen LogP contribution < -0.4 is 15.4 Å². The maximum Gasteiger partial charge on any atom is 0.341 e. The normalized spacial score (nSPS) is 10.4. The number of benzene rings is 2. The summed E-state index contributed by atoms with van der Waals surface area (Å²) in [5.41, 5.74) is 2.66. The van der Waals surface area contributed by atoms with E-state index >= 15 is 0 Å². The second kappa shape index (κ2) is 10.1. The summed E-state index contributed by atoms with van der Waals surface area (Å²) < 4.78 is 10.3. The lowest BCUT2D eigenvalue weighted by Gasteiger charge is -2.07. The molecule has 166 valence electrons. The number of esters is 1. The molecule has 7 nitrogen and oxygen atoms in total. The number of nitrogens with one attached hydrogen (secondary N) is 2. The summed E-state index contributed by atoms with van der Waals surface area (Å²) in [4.78, 5) is 38.6. The van der Waals surface area contributed by atoms with Crippen molar-refractivity contribution in [3.05, 3.63) is 75.7 Å². The van der Waals surface area contributed by atoms with Gasteiger partial charge in [-0.1, -0.05) is 12.1 Å². The quantitative estimate of drug-likeness (QED) is 0.489. The molecule has 3 rings (SSSR count). The second-order valence-electron chi connectivity index (χ2n) is 6.99. The van der Waals surface area contributed by atoms with Crippen molar-refractivity contribution < 1.29 is 23.9 Å². The van der Waals surface area contributed by atoms with E-state index in [4.69, 9.17) is 9.47 Å². The molecule has 0 spiro atoms. The van der Waals surface area contributed by atoms with Crippen molar-refractivity contribution >= 4 is 39.8 Å². The van der Waals surface area contributed by atoms with Crippen LogP contribution in [0.2, 0.25) is 0 Å². The van der Waals surface area contributed by atoms with Crippen LogP contribution in [-0.4, -0.2) is 31.5 Å². The van der Waals surface area contributed by atoms with Crippen LogP contribution in [0, 0.1) is 13.8 Å². The lowest BCUT2D eigenvalue weighted by molar-refractivity contribution is 0.0527. The lowest BCUT2D eigenvalue weighted by atomic mass is 10.1. The highest BCUT2D eigenvalue weighted by atomic mass is 32.1. The van der Waals surface area contributed by atoms with Crippen molar-refractivity contribution in [3.63, 3.8) is 0 Å². The molecule has 0 aliphatic rings. The molecule has 8 heteroatoms. The van der Waals surface area contributed by atoms with Gasteiger partial charge in [0.25, 0.3) is 11.8 Å². The van der Waals surface area contributed by atoms with Crippen LogP contribution in [0.1, 0.15) is 48.4 Å². The summed E-state index contributed by atoms with van der Waals surface area (Å²) in [6.45, 7) is 5.46. The predicted octanol–water partition coefficient (Wildman–Crippen LogP) is 5.05. The summed E-state index contributed by atoms with van der Waals surface area (Å²) in [6.07, 6.45) is 0. The third kappa shape index (κ3) is 5.15. The summed E-state index contributed by atoms with van der Waals surface area (Å²) >= 11 is 1.03. The van der Waals surface area contributed by atoms with Crippen LogP contribution in [0.25, 0.3) is 0 Å². The van der Waals surface area contributed by atoms with E-state index in [0.717, 1.165) is 16.9 Å². The molecular formula is C24H24N2O5S. The number of aryl methyl sites for hydroxylation is 1. The third-order valence-electron chi connectivity index (χ3n) is 4.69. The van der Waals surface area contributed by atoms with E-state index in [2.05, 4.69) is 10.6 Å². The molecule has 0 aliphatic heterocycles. The van der Waals surface area contributed by atoms with E-state index < -0.39 is 11.9 Å². The highest BCUT2D eigenvalue weighted by molar-refractivity contribution is 7.19. The first-order chi connectivity index (χ1) is 15.3. The van der Waals surface area contributed by atoms with Crippen LogP contribution in [0.15, 0.2) is 48.5 Å². The van der Waals surface area contributed by atoms with Crippen LogP contribution in [0.5, 0.6) is 5.75 Å².